The standard InChI is InChI=1S/C8H8N4O/c9-11-8-10-7(13-12-8)6-4-2-1-3-5-6/h1-5H,9H2,(H,11,12). The second-order valence-corrected chi connectivity index (χ2v) is 2.43. The van der Waals surface area contributed by atoms with Crippen molar-refractivity contribution in [3.05, 3.63) is 30.3 Å². The fourth-order valence-electron chi connectivity index (χ4n) is 0.980. The fourth-order valence-corrected chi connectivity index (χ4v) is 0.980. The number of rotatable bonds is 2. The molecule has 2 aromatic rings. The molecule has 1 aromatic carbocycles. The van der Waals surface area contributed by atoms with Gasteiger partial charge in [-0.05, 0) is 17.3 Å². The van der Waals surface area contributed by atoms with E-state index in [1.807, 2.05) is 30.3 Å². The largest absolute Gasteiger partial charge is 0.332 e. The normalized spacial score (nSPS) is 9.92. The summed E-state index contributed by atoms with van der Waals surface area (Å²) >= 11 is 0. The van der Waals surface area contributed by atoms with Crippen LogP contribution in [-0.4, -0.2) is 10.1 Å². The third-order valence-electron chi connectivity index (χ3n) is 1.58. The maximum atomic E-state index is 5.11. The summed E-state index contributed by atoms with van der Waals surface area (Å²) in [5.41, 5.74) is 3.17. The lowest BCUT2D eigenvalue weighted by atomic mass is 10.2. The zero-order valence-corrected chi connectivity index (χ0v) is 6.77. The molecule has 0 aliphatic carbocycles. The quantitative estimate of drug-likeness (QED) is 0.527. The van der Waals surface area contributed by atoms with E-state index in [0.29, 0.717) is 5.89 Å². The Kier molecular flexibility index (Phi) is 1.93. The van der Waals surface area contributed by atoms with E-state index in [-0.39, 0.29) is 5.95 Å². The molecule has 0 fully saturated rings. The number of hydrogen-bond acceptors (Lipinski definition) is 5. The average Bonchev–Trinajstić information content (AvgIpc) is 2.67. The Morgan fingerprint density at radius 1 is 1.23 bits per heavy atom. The van der Waals surface area contributed by atoms with E-state index in [0.717, 1.165) is 5.56 Å². The Balaban J connectivity index is 2.36. The van der Waals surface area contributed by atoms with Crippen LogP contribution in [0.2, 0.25) is 0 Å². The number of nitrogens with zero attached hydrogens (tertiary/aromatic N) is 2. The van der Waals surface area contributed by atoms with Crippen molar-refractivity contribution in [1.29, 1.82) is 0 Å². The van der Waals surface area contributed by atoms with Crippen LogP contribution in [0.3, 0.4) is 0 Å². The van der Waals surface area contributed by atoms with Gasteiger partial charge in [-0.15, -0.1) is 0 Å². The predicted octanol–water partition coefficient (Wildman–Crippen LogP) is 1.02. The molecule has 66 valence electrons. The van der Waals surface area contributed by atoms with Crippen LogP contribution in [0.5, 0.6) is 0 Å². The Labute approximate surface area is 74.5 Å². The summed E-state index contributed by atoms with van der Waals surface area (Å²) in [6.07, 6.45) is 0. The Bertz CT molecular complexity index is 384. The summed E-state index contributed by atoms with van der Waals surface area (Å²) < 4.78 is 4.94. The number of hydrazine groups is 1. The van der Waals surface area contributed by atoms with Crippen molar-refractivity contribution in [3.63, 3.8) is 0 Å². The SMILES string of the molecule is NNc1noc(-c2ccccc2)n1. The number of aromatic nitrogens is 2. The van der Waals surface area contributed by atoms with Crippen molar-refractivity contribution in [2.75, 3.05) is 5.43 Å². The summed E-state index contributed by atoms with van der Waals surface area (Å²) in [6, 6.07) is 9.48. The van der Waals surface area contributed by atoms with E-state index in [2.05, 4.69) is 15.6 Å². The molecule has 3 N–H and O–H groups in total. The van der Waals surface area contributed by atoms with Crippen LogP contribution in [-0.2, 0) is 0 Å². The maximum Gasteiger partial charge on any atom is 0.277 e. The first-order valence-corrected chi connectivity index (χ1v) is 3.76. The first kappa shape index (κ1) is 7.75. The summed E-state index contributed by atoms with van der Waals surface area (Å²) in [5.74, 6) is 5.84. The number of nitrogens with two attached hydrogens (primary N) is 1. The van der Waals surface area contributed by atoms with Gasteiger partial charge in [-0.1, -0.05) is 18.2 Å². The molecule has 1 aromatic heterocycles. The van der Waals surface area contributed by atoms with Gasteiger partial charge in [0.15, 0.2) is 0 Å². The maximum absolute atomic E-state index is 5.11. The van der Waals surface area contributed by atoms with Gasteiger partial charge in [-0.3, -0.25) is 5.43 Å². The summed E-state index contributed by atoms with van der Waals surface area (Å²) in [7, 11) is 0. The minimum Gasteiger partial charge on any atom is -0.332 e. The van der Waals surface area contributed by atoms with Gasteiger partial charge in [0.1, 0.15) is 0 Å². The van der Waals surface area contributed by atoms with Gasteiger partial charge in [0.2, 0.25) is 0 Å². The molecule has 0 radical (unpaired) electrons. The first-order chi connectivity index (χ1) is 6.40. The topological polar surface area (TPSA) is 77.0 Å². The molecule has 2 rings (SSSR count). The molecule has 5 heteroatoms. The van der Waals surface area contributed by atoms with Crippen LogP contribution in [0.1, 0.15) is 0 Å². The molecule has 13 heavy (non-hydrogen) atoms. The molecule has 0 aliphatic rings. The first-order valence-electron chi connectivity index (χ1n) is 3.76. The Morgan fingerprint density at radius 2 is 2.00 bits per heavy atom. The second-order valence-electron chi connectivity index (χ2n) is 2.43. The zero-order chi connectivity index (χ0) is 9.10. The van der Waals surface area contributed by atoms with Gasteiger partial charge in [0, 0.05) is 5.56 Å². The van der Waals surface area contributed by atoms with E-state index in [9.17, 15) is 0 Å². The number of hydrogen-bond donors (Lipinski definition) is 2. The fraction of sp³-hybridized carbons (Fsp3) is 0. The van der Waals surface area contributed by atoms with E-state index < -0.39 is 0 Å². The van der Waals surface area contributed by atoms with Crippen molar-refractivity contribution < 1.29 is 4.52 Å². The minimum atomic E-state index is 0.277. The van der Waals surface area contributed by atoms with Crippen molar-refractivity contribution in [2.45, 2.75) is 0 Å². The van der Waals surface area contributed by atoms with Gasteiger partial charge >= 0.3 is 0 Å². The van der Waals surface area contributed by atoms with Crippen LogP contribution >= 0.6 is 0 Å². The highest BCUT2D eigenvalue weighted by atomic mass is 16.5. The highest BCUT2D eigenvalue weighted by molar-refractivity contribution is 5.53. The Hall–Kier alpha value is -1.88. The van der Waals surface area contributed by atoms with Crippen LogP contribution in [0.15, 0.2) is 34.9 Å². The highest BCUT2D eigenvalue weighted by Crippen LogP contribution is 2.16. The second kappa shape index (κ2) is 3.24. The van der Waals surface area contributed by atoms with Crippen molar-refractivity contribution in [3.8, 4) is 11.5 Å². The van der Waals surface area contributed by atoms with Crippen LogP contribution < -0.4 is 11.3 Å². The van der Waals surface area contributed by atoms with Gasteiger partial charge < -0.3 is 4.52 Å². The highest BCUT2D eigenvalue weighted by Gasteiger charge is 2.05. The molecule has 0 amide bonds. The van der Waals surface area contributed by atoms with Crippen molar-refractivity contribution >= 4 is 5.95 Å². The molecule has 0 saturated heterocycles. The number of nitrogens with one attached hydrogen (secondary N) is 1. The summed E-state index contributed by atoms with van der Waals surface area (Å²) in [5, 5.41) is 3.59. The third kappa shape index (κ3) is 1.50. The lowest BCUT2D eigenvalue weighted by Crippen LogP contribution is -2.07. The van der Waals surface area contributed by atoms with Gasteiger partial charge in [0.25, 0.3) is 11.8 Å². The lowest BCUT2D eigenvalue weighted by molar-refractivity contribution is 0.432. The number of benzene rings is 1. The van der Waals surface area contributed by atoms with Gasteiger partial charge in [-0.25, -0.2) is 5.84 Å². The molecular formula is C8H8N4O. The third-order valence-corrected chi connectivity index (χ3v) is 1.58. The van der Waals surface area contributed by atoms with E-state index >= 15 is 0 Å². The zero-order valence-electron chi connectivity index (χ0n) is 6.77. The minimum absolute atomic E-state index is 0.277. The van der Waals surface area contributed by atoms with E-state index in [1.54, 1.807) is 0 Å². The monoisotopic (exact) mass is 176 g/mol. The molecule has 0 aliphatic heterocycles. The molecule has 0 atom stereocenters. The smallest absolute Gasteiger partial charge is 0.277 e. The van der Waals surface area contributed by atoms with Crippen LogP contribution in [0, 0.1) is 0 Å². The molecule has 0 unspecified atom stereocenters. The molecule has 5 nitrogen and oxygen atoms in total. The van der Waals surface area contributed by atoms with Crippen molar-refractivity contribution in [2.24, 2.45) is 5.84 Å². The molecular weight excluding hydrogens is 168 g/mol. The Morgan fingerprint density at radius 3 is 2.62 bits per heavy atom. The summed E-state index contributed by atoms with van der Waals surface area (Å²) in [6.45, 7) is 0. The van der Waals surface area contributed by atoms with Gasteiger partial charge in [-0.2, -0.15) is 4.98 Å². The number of anilines is 1. The van der Waals surface area contributed by atoms with Gasteiger partial charge in [0.05, 0.1) is 0 Å². The molecule has 0 saturated carbocycles. The molecule has 0 spiro atoms. The van der Waals surface area contributed by atoms with Crippen LogP contribution in [0.25, 0.3) is 11.5 Å². The summed E-state index contributed by atoms with van der Waals surface area (Å²) in [4.78, 5) is 3.99. The predicted molar refractivity (Wildman–Crippen MR) is 47.5 cm³/mol. The molecule has 1 heterocycles. The molecule has 0 bridgehead atoms. The van der Waals surface area contributed by atoms with E-state index in [1.165, 1.54) is 0 Å². The van der Waals surface area contributed by atoms with Crippen LogP contribution in [0.4, 0.5) is 5.95 Å². The van der Waals surface area contributed by atoms with E-state index in [4.69, 9.17) is 10.4 Å². The number of nitrogen functional groups attached to an aromatic ring is 1. The lowest BCUT2D eigenvalue weighted by Gasteiger charge is -1.90. The van der Waals surface area contributed by atoms with Crippen molar-refractivity contribution in [1.82, 2.24) is 10.1 Å². The average molecular weight is 176 g/mol.